The first-order valence-electron chi connectivity index (χ1n) is 9.74. The maximum atomic E-state index is 13.4. The molecule has 4 rings (SSSR count). The highest BCUT2D eigenvalue weighted by Gasteiger charge is 2.67. The molecule has 1 heterocycles. The summed E-state index contributed by atoms with van der Waals surface area (Å²) in [5.41, 5.74) is 1.68. The molecule has 1 N–H and O–H groups in total. The molecule has 1 aliphatic carbocycles. The average Bonchev–Trinajstić information content (AvgIpc) is 3.33. The maximum absolute atomic E-state index is 13.4. The second kappa shape index (κ2) is 9.92. The number of benzene rings is 2. The number of aromatic nitrogens is 1. The Morgan fingerprint density at radius 2 is 1.74 bits per heavy atom. The second-order valence-electron chi connectivity index (χ2n) is 7.73. The smallest absolute Gasteiger partial charge is 0.231 e. The van der Waals surface area contributed by atoms with Gasteiger partial charge < -0.3 is 5.32 Å². The topological polar surface area (TPSA) is 59.1 Å². The van der Waals surface area contributed by atoms with E-state index in [-0.39, 0.29) is 27.3 Å². The van der Waals surface area contributed by atoms with Gasteiger partial charge in [0.05, 0.1) is 15.4 Å². The molecule has 2 atom stereocenters. The van der Waals surface area contributed by atoms with E-state index in [0.29, 0.717) is 26.9 Å². The van der Waals surface area contributed by atoms with Crippen LogP contribution >= 0.6 is 73.9 Å². The molecule has 3 aromatic rings. The number of nitrogens with one attached hydrogen (secondary N) is 1. The zero-order valence-electron chi connectivity index (χ0n) is 16.9. The minimum absolute atomic E-state index is 0.0598. The lowest BCUT2D eigenvalue weighted by molar-refractivity contribution is -0.117. The van der Waals surface area contributed by atoms with Gasteiger partial charge in [0.25, 0.3) is 0 Å². The monoisotopic (exact) mass is 622 g/mol. The summed E-state index contributed by atoms with van der Waals surface area (Å²) in [4.78, 5) is 29.4. The van der Waals surface area contributed by atoms with E-state index in [1.807, 2.05) is 0 Å². The number of carbonyl (C=O) groups is 2. The summed E-state index contributed by atoms with van der Waals surface area (Å²) in [6.07, 6.45) is 1.21. The van der Waals surface area contributed by atoms with Crippen molar-refractivity contribution in [1.82, 2.24) is 4.98 Å². The van der Waals surface area contributed by atoms with Crippen LogP contribution in [0.4, 0.5) is 10.1 Å². The summed E-state index contributed by atoms with van der Waals surface area (Å²) in [5.74, 6) is -2.71. The van der Waals surface area contributed by atoms with Crippen LogP contribution in [0.15, 0.2) is 53.1 Å². The molecule has 1 saturated carbocycles. The van der Waals surface area contributed by atoms with Crippen molar-refractivity contribution in [2.45, 2.75) is 16.7 Å². The average molecular weight is 626 g/mol. The van der Waals surface area contributed by atoms with Gasteiger partial charge in [0.15, 0.2) is 5.78 Å². The van der Waals surface area contributed by atoms with Gasteiger partial charge in [-0.2, -0.15) is 4.39 Å². The van der Waals surface area contributed by atoms with E-state index in [1.165, 1.54) is 24.4 Å². The SMILES string of the molecule is O=C(Cc1cnc(F)c(Br)c1)c1cc(NC(=O)C2C(c3cc(Cl)cc(Cl)c3)C2(Cl)Cl)ccc1Cl. The molecule has 0 saturated heterocycles. The Hall–Kier alpha value is -1.41. The van der Waals surface area contributed by atoms with Gasteiger partial charge >= 0.3 is 0 Å². The van der Waals surface area contributed by atoms with Gasteiger partial charge in [-0.25, -0.2) is 4.98 Å². The Labute approximate surface area is 227 Å². The van der Waals surface area contributed by atoms with Crippen molar-refractivity contribution in [3.05, 3.63) is 90.8 Å². The molecule has 0 spiro atoms. The maximum Gasteiger partial charge on any atom is 0.231 e. The number of amides is 1. The van der Waals surface area contributed by atoms with Crippen LogP contribution in [-0.2, 0) is 11.2 Å². The van der Waals surface area contributed by atoms with Gasteiger partial charge in [-0.3, -0.25) is 9.59 Å². The van der Waals surface area contributed by atoms with Crippen LogP contribution in [0, 0.1) is 11.9 Å². The van der Waals surface area contributed by atoms with Crippen molar-refractivity contribution >= 4 is 91.3 Å². The van der Waals surface area contributed by atoms with Gasteiger partial charge in [0.1, 0.15) is 4.33 Å². The molecule has 1 amide bonds. The number of anilines is 1. The first kappa shape index (κ1) is 25.7. The fourth-order valence-corrected chi connectivity index (χ4v) is 5.69. The summed E-state index contributed by atoms with van der Waals surface area (Å²) in [6, 6.07) is 10.9. The molecule has 2 unspecified atom stereocenters. The van der Waals surface area contributed by atoms with Gasteiger partial charge in [-0.05, 0) is 69.5 Å². The lowest BCUT2D eigenvalue weighted by Crippen LogP contribution is -2.17. The predicted octanol–water partition coefficient (Wildman–Crippen LogP) is 7.89. The Morgan fingerprint density at radius 1 is 1.06 bits per heavy atom. The van der Waals surface area contributed by atoms with Crippen molar-refractivity contribution in [3.8, 4) is 0 Å². The summed E-state index contributed by atoms with van der Waals surface area (Å²) < 4.78 is 12.2. The van der Waals surface area contributed by atoms with Crippen molar-refractivity contribution in [3.63, 3.8) is 0 Å². The molecule has 34 heavy (non-hydrogen) atoms. The largest absolute Gasteiger partial charge is 0.326 e. The molecule has 0 radical (unpaired) electrons. The number of hydrogen-bond acceptors (Lipinski definition) is 3. The van der Waals surface area contributed by atoms with Crippen LogP contribution in [0.5, 0.6) is 0 Å². The molecule has 176 valence electrons. The Bertz CT molecular complexity index is 1300. The van der Waals surface area contributed by atoms with Crippen LogP contribution < -0.4 is 5.32 Å². The van der Waals surface area contributed by atoms with E-state index in [9.17, 15) is 14.0 Å². The number of carbonyl (C=O) groups excluding carboxylic acids is 2. The Balaban J connectivity index is 1.51. The molecular formula is C23H13BrCl5FN2O2. The second-order valence-corrected chi connectivity index (χ2v) is 11.3. The van der Waals surface area contributed by atoms with E-state index in [2.05, 4.69) is 26.2 Å². The van der Waals surface area contributed by atoms with Crippen LogP contribution in [0.2, 0.25) is 15.1 Å². The van der Waals surface area contributed by atoms with Crippen LogP contribution in [-0.4, -0.2) is 21.0 Å². The van der Waals surface area contributed by atoms with E-state index in [0.717, 1.165) is 0 Å². The predicted molar refractivity (Wildman–Crippen MR) is 137 cm³/mol. The third-order valence-electron chi connectivity index (χ3n) is 5.33. The summed E-state index contributed by atoms with van der Waals surface area (Å²) in [5, 5.41) is 3.75. The highest BCUT2D eigenvalue weighted by Crippen LogP contribution is 2.65. The number of nitrogens with zero attached hydrogens (tertiary/aromatic N) is 1. The number of ketones is 1. The number of pyridine rings is 1. The first-order chi connectivity index (χ1) is 16.0. The van der Waals surface area contributed by atoms with E-state index >= 15 is 0 Å². The summed E-state index contributed by atoms with van der Waals surface area (Å²) >= 11 is 34.2. The first-order valence-corrected chi connectivity index (χ1v) is 12.4. The van der Waals surface area contributed by atoms with Crippen molar-refractivity contribution < 1.29 is 14.0 Å². The minimum Gasteiger partial charge on any atom is -0.326 e. The third kappa shape index (κ3) is 5.38. The van der Waals surface area contributed by atoms with Crippen molar-refractivity contribution in [2.75, 3.05) is 5.32 Å². The molecule has 2 aromatic carbocycles. The lowest BCUT2D eigenvalue weighted by atomic mass is 10.0. The van der Waals surface area contributed by atoms with E-state index in [4.69, 9.17) is 58.0 Å². The molecule has 11 heteroatoms. The van der Waals surface area contributed by atoms with Gasteiger partial charge in [0.2, 0.25) is 11.9 Å². The van der Waals surface area contributed by atoms with Gasteiger partial charge in [-0.1, -0.05) is 34.8 Å². The number of hydrogen-bond donors (Lipinski definition) is 1. The Kier molecular flexibility index (Phi) is 7.49. The molecule has 1 aliphatic rings. The molecule has 0 bridgehead atoms. The summed E-state index contributed by atoms with van der Waals surface area (Å²) in [7, 11) is 0. The fourth-order valence-electron chi connectivity index (χ4n) is 3.70. The molecule has 1 aromatic heterocycles. The number of rotatable bonds is 6. The number of Topliss-reactive ketones (excluding diaryl/α,β-unsaturated/α-hetero) is 1. The standard InChI is InChI=1S/C23H13BrCl5FN2O2/c24-16-3-10(9-31-21(16)30)4-18(33)15-8-14(1-2-17(15)27)32-22(34)20-19(23(20,28)29)11-5-12(25)7-13(26)6-11/h1-3,5-9,19-20H,4H2,(H,32,34). The molecular weight excluding hydrogens is 612 g/mol. The van der Waals surface area contributed by atoms with Crippen molar-refractivity contribution in [1.29, 1.82) is 0 Å². The highest BCUT2D eigenvalue weighted by molar-refractivity contribution is 9.10. The molecule has 4 nitrogen and oxygen atoms in total. The molecule has 1 fully saturated rings. The Morgan fingerprint density at radius 3 is 2.38 bits per heavy atom. The molecule has 0 aliphatic heterocycles. The number of alkyl halides is 2. The zero-order valence-corrected chi connectivity index (χ0v) is 22.3. The van der Waals surface area contributed by atoms with E-state index in [1.54, 1.807) is 24.3 Å². The third-order valence-corrected chi connectivity index (χ3v) is 7.59. The van der Waals surface area contributed by atoms with Crippen LogP contribution in [0.3, 0.4) is 0 Å². The normalized spacial score (nSPS) is 18.4. The van der Waals surface area contributed by atoms with Gasteiger partial charge in [0, 0.05) is 39.8 Å². The van der Waals surface area contributed by atoms with Gasteiger partial charge in [-0.15, -0.1) is 23.2 Å². The highest BCUT2D eigenvalue weighted by atomic mass is 79.9. The zero-order chi connectivity index (χ0) is 24.8. The summed E-state index contributed by atoms with van der Waals surface area (Å²) in [6.45, 7) is 0. The van der Waals surface area contributed by atoms with Crippen molar-refractivity contribution in [2.24, 2.45) is 5.92 Å². The van der Waals surface area contributed by atoms with E-state index < -0.39 is 28.0 Å². The minimum atomic E-state index is -1.34. The quantitative estimate of drug-likeness (QED) is 0.172. The van der Waals surface area contributed by atoms with Crippen LogP contribution in [0.25, 0.3) is 0 Å². The fraction of sp³-hybridized carbons (Fsp3) is 0.174. The van der Waals surface area contributed by atoms with Crippen LogP contribution in [0.1, 0.15) is 27.4 Å². The lowest BCUT2D eigenvalue weighted by Gasteiger charge is -2.09. The number of halogens is 7.